The van der Waals surface area contributed by atoms with Crippen LogP contribution in [0.3, 0.4) is 0 Å². The molecule has 3 aromatic rings. The van der Waals surface area contributed by atoms with E-state index < -0.39 is 5.41 Å². The van der Waals surface area contributed by atoms with Gasteiger partial charge in [0.05, 0.1) is 21.3 Å². The molecule has 2 aromatic carbocycles. The summed E-state index contributed by atoms with van der Waals surface area (Å²) in [4.78, 5) is 12.3. The number of nitrogens with zero attached hydrogens (tertiary/aromatic N) is 1. The maximum Gasteiger partial charge on any atom is 0.228 e. The van der Waals surface area contributed by atoms with Crippen LogP contribution >= 0.6 is 0 Å². The maximum absolute atomic E-state index is 12.3. The average Bonchev–Trinajstić information content (AvgIpc) is 3.65. The third-order valence-electron chi connectivity index (χ3n) is 6.53. The number of rotatable bonds is 7. The van der Waals surface area contributed by atoms with Gasteiger partial charge in [-0.15, -0.1) is 0 Å². The number of allylic oxidation sites excluding steroid dienone is 1. The van der Waals surface area contributed by atoms with E-state index >= 15 is 0 Å². The molecule has 33 heavy (non-hydrogen) atoms. The van der Waals surface area contributed by atoms with Crippen molar-refractivity contribution in [2.24, 2.45) is 5.92 Å². The van der Waals surface area contributed by atoms with Crippen LogP contribution in [0, 0.1) is 5.92 Å². The number of carbonyl (C=O) groups excluding carboxylic acids is 1. The van der Waals surface area contributed by atoms with Crippen LogP contribution in [-0.4, -0.2) is 37.4 Å². The van der Waals surface area contributed by atoms with Crippen LogP contribution in [-0.2, 0) is 16.6 Å². The highest BCUT2D eigenvalue weighted by molar-refractivity contribution is 5.95. The van der Waals surface area contributed by atoms with Gasteiger partial charge in [-0.1, -0.05) is 42.5 Å². The Labute approximate surface area is 192 Å². The van der Waals surface area contributed by atoms with Gasteiger partial charge < -0.3 is 19.5 Å². The molecule has 170 valence electrons. The Balaban J connectivity index is 1.62. The molecule has 7 heteroatoms. The second-order valence-electron chi connectivity index (χ2n) is 8.49. The molecular formula is C26H27N3O4. The van der Waals surface area contributed by atoms with Gasteiger partial charge in [0.15, 0.2) is 17.3 Å². The number of hydrogen-bond acceptors (Lipinski definition) is 5. The number of methoxy groups -OCH3 is 3. The molecule has 1 heterocycles. The Morgan fingerprint density at radius 1 is 1.03 bits per heavy atom. The van der Waals surface area contributed by atoms with E-state index in [2.05, 4.69) is 33.7 Å². The zero-order valence-corrected chi connectivity index (χ0v) is 19.0. The SMILES string of the molecule is COc1cc(C2(c3ccccc3)C=Cc3c(NC(=O)C4CC4)n[nH]c3C2)cc(OC)c1OC. The summed E-state index contributed by atoms with van der Waals surface area (Å²) >= 11 is 0. The molecule has 1 amide bonds. The van der Waals surface area contributed by atoms with E-state index in [0.717, 1.165) is 35.2 Å². The second-order valence-corrected chi connectivity index (χ2v) is 8.49. The molecule has 1 aromatic heterocycles. The first kappa shape index (κ1) is 21.1. The lowest BCUT2D eigenvalue weighted by atomic mass is 9.68. The first-order chi connectivity index (χ1) is 16.1. The molecule has 2 aliphatic carbocycles. The predicted octanol–water partition coefficient (Wildman–Crippen LogP) is 4.34. The zero-order valence-electron chi connectivity index (χ0n) is 19.0. The van der Waals surface area contributed by atoms with Crippen LogP contribution in [0.5, 0.6) is 17.2 Å². The number of fused-ring (bicyclic) bond motifs is 1. The summed E-state index contributed by atoms with van der Waals surface area (Å²) in [5.41, 5.74) is 3.51. The van der Waals surface area contributed by atoms with Crippen LogP contribution < -0.4 is 19.5 Å². The average molecular weight is 446 g/mol. The topological polar surface area (TPSA) is 85.5 Å². The number of H-pyrrole nitrogens is 1. The number of anilines is 1. The smallest absolute Gasteiger partial charge is 0.228 e. The molecule has 0 spiro atoms. The Morgan fingerprint density at radius 2 is 1.73 bits per heavy atom. The summed E-state index contributed by atoms with van der Waals surface area (Å²) in [7, 11) is 4.84. The van der Waals surface area contributed by atoms with Gasteiger partial charge in [-0.05, 0) is 36.1 Å². The summed E-state index contributed by atoms with van der Waals surface area (Å²) in [6.07, 6.45) is 6.75. The maximum atomic E-state index is 12.3. The molecular weight excluding hydrogens is 418 g/mol. The van der Waals surface area contributed by atoms with Gasteiger partial charge in [-0.2, -0.15) is 5.10 Å². The molecule has 5 rings (SSSR count). The molecule has 7 nitrogen and oxygen atoms in total. The van der Waals surface area contributed by atoms with E-state index in [9.17, 15) is 4.79 Å². The van der Waals surface area contributed by atoms with Gasteiger partial charge in [0, 0.05) is 29.0 Å². The molecule has 0 aliphatic heterocycles. The van der Waals surface area contributed by atoms with Crippen LogP contribution in [0.4, 0.5) is 5.82 Å². The summed E-state index contributed by atoms with van der Waals surface area (Å²) in [6.45, 7) is 0. The van der Waals surface area contributed by atoms with Crippen molar-refractivity contribution >= 4 is 17.8 Å². The number of carbonyl (C=O) groups is 1. The fraction of sp³-hybridized carbons (Fsp3) is 0.308. The predicted molar refractivity (Wildman–Crippen MR) is 126 cm³/mol. The number of benzene rings is 2. The van der Waals surface area contributed by atoms with E-state index in [1.54, 1.807) is 21.3 Å². The second kappa shape index (κ2) is 8.31. The standard InChI is InChI=1S/C26H27N3O4/c1-31-21-13-18(14-22(32-2)23(21)33-3)26(17-7-5-4-6-8-17)12-11-19-20(15-26)28-29-24(19)27-25(30)16-9-10-16/h4-8,11-14,16H,9-10,15H2,1-3H3,(H2,27,28,29,30). The van der Waals surface area contributed by atoms with Gasteiger partial charge in [0.1, 0.15) is 0 Å². The number of ether oxygens (including phenoxy) is 3. The lowest BCUT2D eigenvalue weighted by Crippen LogP contribution is -2.30. The van der Waals surface area contributed by atoms with Gasteiger partial charge in [0.2, 0.25) is 11.7 Å². The first-order valence-electron chi connectivity index (χ1n) is 11.0. The molecule has 1 saturated carbocycles. The van der Waals surface area contributed by atoms with Gasteiger partial charge >= 0.3 is 0 Å². The van der Waals surface area contributed by atoms with Crippen molar-refractivity contribution in [2.75, 3.05) is 26.6 Å². The molecule has 1 fully saturated rings. The first-order valence-corrected chi connectivity index (χ1v) is 11.0. The molecule has 2 N–H and O–H groups in total. The van der Waals surface area contributed by atoms with Gasteiger partial charge in [-0.25, -0.2) is 0 Å². The molecule has 0 bridgehead atoms. The number of amides is 1. The highest BCUT2D eigenvalue weighted by Gasteiger charge is 2.38. The third kappa shape index (κ3) is 3.63. The Bertz CT molecular complexity index is 1190. The van der Waals surface area contributed by atoms with Crippen molar-refractivity contribution in [1.29, 1.82) is 0 Å². The molecule has 1 atom stereocenters. The summed E-state index contributed by atoms with van der Waals surface area (Å²) in [5.74, 6) is 2.50. The highest BCUT2D eigenvalue weighted by Crippen LogP contribution is 2.47. The third-order valence-corrected chi connectivity index (χ3v) is 6.53. The van der Waals surface area contributed by atoms with E-state index in [1.165, 1.54) is 0 Å². The number of hydrogen-bond donors (Lipinski definition) is 2. The zero-order chi connectivity index (χ0) is 23.0. The van der Waals surface area contributed by atoms with Crippen molar-refractivity contribution in [3.05, 3.63) is 70.9 Å². The van der Waals surface area contributed by atoms with Crippen LogP contribution in [0.2, 0.25) is 0 Å². The van der Waals surface area contributed by atoms with Crippen molar-refractivity contribution < 1.29 is 19.0 Å². The lowest BCUT2D eigenvalue weighted by Gasteiger charge is -2.35. The van der Waals surface area contributed by atoms with E-state index in [1.807, 2.05) is 36.4 Å². The Hall–Kier alpha value is -3.74. The minimum atomic E-state index is -0.495. The van der Waals surface area contributed by atoms with E-state index in [-0.39, 0.29) is 11.8 Å². The number of aromatic nitrogens is 2. The minimum Gasteiger partial charge on any atom is -0.493 e. The van der Waals surface area contributed by atoms with E-state index in [0.29, 0.717) is 29.5 Å². The quantitative estimate of drug-likeness (QED) is 0.565. The Morgan fingerprint density at radius 3 is 2.33 bits per heavy atom. The molecule has 0 radical (unpaired) electrons. The summed E-state index contributed by atoms with van der Waals surface area (Å²) in [5, 5.41) is 10.6. The monoisotopic (exact) mass is 445 g/mol. The fourth-order valence-electron chi connectivity index (χ4n) is 4.56. The van der Waals surface area contributed by atoms with E-state index in [4.69, 9.17) is 14.2 Å². The summed E-state index contributed by atoms with van der Waals surface area (Å²) in [6, 6.07) is 14.3. The largest absolute Gasteiger partial charge is 0.493 e. The normalized spacial score (nSPS) is 19.0. The molecule has 0 saturated heterocycles. The van der Waals surface area contributed by atoms with Crippen LogP contribution in [0.15, 0.2) is 48.5 Å². The van der Waals surface area contributed by atoms with Crippen molar-refractivity contribution in [3.63, 3.8) is 0 Å². The molecule has 2 aliphatic rings. The minimum absolute atomic E-state index is 0.0437. The van der Waals surface area contributed by atoms with Crippen molar-refractivity contribution in [3.8, 4) is 17.2 Å². The van der Waals surface area contributed by atoms with Crippen LogP contribution in [0.1, 0.15) is 35.2 Å². The number of nitrogens with one attached hydrogen (secondary N) is 2. The number of aromatic amines is 1. The van der Waals surface area contributed by atoms with Crippen LogP contribution in [0.25, 0.3) is 6.08 Å². The van der Waals surface area contributed by atoms with Crippen molar-refractivity contribution in [1.82, 2.24) is 10.2 Å². The lowest BCUT2D eigenvalue weighted by molar-refractivity contribution is -0.117. The van der Waals surface area contributed by atoms with Gasteiger partial charge in [0.25, 0.3) is 0 Å². The molecule has 1 unspecified atom stereocenters. The summed E-state index contributed by atoms with van der Waals surface area (Å²) < 4.78 is 16.8. The fourth-order valence-corrected chi connectivity index (χ4v) is 4.56. The Kier molecular flexibility index (Phi) is 5.32. The highest BCUT2D eigenvalue weighted by atomic mass is 16.5. The van der Waals surface area contributed by atoms with Crippen molar-refractivity contribution in [2.45, 2.75) is 24.7 Å². The van der Waals surface area contributed by atoms with Gasteiger partial charge in [-0.3, -0.25) is 9.89 Å².